The van der Waals surface area contributed by atoms with Crippen LogP contribution in [0.15, 0.2) is 28.7 Å². The van der Waals surface area contributed by atoms with Crippen molar-refractivity contribution in [3.63, 3.8) is 0 Å². The van der Waals surface area contributed by atoms with E-state index in [0.717, 1.165) is 24.7 Å². The van der Waals surface area contributed by atoms with E-state index in [1.165, 1.54) is 18.4 Å². The van der Waals surface area contributed by atoms with Gasteiger partial charge in [0.05, 0.1) is 20.1 Å². The maximum absolute atomic E-state index is 5.87. The van der Waals surface area contributed by atoms with Gasteiger partial charge in [-0.3, -0.25) is 0 Å². The predicted molar refractivity (Wildman–Crippen MR) is 58.9 cm³/mol. The van der Waals surface area contributed by atoms with Crippen LogP contribution in [-0.2, 0) is 6.54 Å². The molecule has 1 aromatic carbocycles. The minimum absolute atomic E-state index is 0.987. The molecule has 0 atom stereocenters. The number of nitrogens with zero attached hydrogens (tertiary/aromatic N) is 2. The summed E-state index contributed by atoms with van der Waals surface area (Å²) in [6.45, 7) is 2.15. The van der Waals surface area contributed by atoms with Gasteiger partial charge in [0, 0.05) is 0 Å². The van der Waals surface area contributed by atoms with Gasteiger partial charge in [0.15, 0.2) is 11.1 Å². The first-order chi connectivity index (χ1) is 7.36. The molecule has 2 aromatic rings. The summed E-state index contributed by atoms with van der Waals surface area (Å²) in [7, 11) is 2.10. The Kier molecular flexibility index (Phi) is 1.91. The third-order valence-electron chi connectivity index (χ3n) is 3.04. The molecular formula is C12H15N2O+. The van der Waals surface area contributed by atoms with Crippen LogP contribution in [-0.4, -0.2) is 13.6 Å². The van der Waals surface area contributed by atoms with Crippen LogP contribution in [0.2, 0.25) is 0 Å². The number of rotatable bonds is 0. The van der Waals surface area contributed by atoms with Crippen LogP contribution in [0.5, 0.6) is 0 Å². The van der Waals surface area contributed by atoms with Crippen LogP contribution in [0.3, 0.4) is 0 Å². The van der Waals surface area contributed by atoms with Crippen LogP contribution >= 0.6 is 0 Å². The number of anilines is 1. The highest BCUT2D eigenvalue weighted by atomic mass is 16.4. The first-order valence-electron chi connectivity index (χ1n) is 5.49. The lowest BCUT2D eigenvalue weighted by Crippen LogP contribution is -2.36. The van der Waals surface area contributed by atoms with Crippen LogP contribution in [0.4, 0.5) is 6.01 Å². The smallest absolute Gasteiger partial charge is 0.387 e. The summed E-state index contributed by atoms with van der Waals surface area (Å²) in [5.41, 5.74) is 2.20. The summed E-state index contributed by atoms with van der Waals surface area (Å²) < 4.78 is 8.15. The molecule has 0 N–H and O–H groups in total. The summed E-state index contributed by atoms with van der Waals surface area (Å²) in [5, 5.41) is 0. The zero-order valence-electron chi connectivity index (χ0n) is 8.94. The average molecular weight is 203 g/mol. The number of aryl methyl sites for hydroxylation is 1. The largest absolute Gasteiger partial charge is 0.457 e. The summed E-state index contributed by atoms with van der Waals surface area (Å²) >= 11 is 0. The van der Waals surface area contributed by atoms with E-state index in [2.05, 4.69) is 28.6 Å². The van der Waals surface area contributed by atoms with Gasteiger partial charge < -0.3 is 4.42 Å². The Bertz CT molecular complexity index is 489. The van der Waals surface area contributed by atoms with Crippen molar-refractivity contribution in [2.45, 2.75) is 19.4 Å². The number of oxazole rings is 1. The fourth-order valence-electron chi connectivity index (χ4n) is 2.24. The molecule has 2 heterocycles. The van der Waals surface area contributed by atoms with Gasteiger partial charge in [-0.05, 0) is 25.0 Å². The van der Waals surface area contributed by atoms with Crippen molar-refractivity contribution in [3.05, 3.63) is 24.3 Å². The lowest BCUT2D eigenvalue weighted by molar-refractivity contribution is -0.661. The standard InChI is InChI=1S/C12H15N2O/c1-13-8-4-5-9-14-10-6-2-3-7-11(10)15-12(13)14/h2-3,6-7H,4-5,8-9H2,1H3/q+1. The molecule has 3 rings (SSSR count). The quantitative estimate of drug-likeness (QED) is 0.610. The van der Waals surface area contributed by atoms with Crippen molar-refractivity contribution in [2.75, 3.05) is 18.5 Å². The Labute approximate surface area is 88.9 Å². The molecule has 0 aliphatic carbocycles. The Balaban J connectivity index is 2.26. The van der Waals surface area contributed by atoms with E-state index >= 15 is 0 Å². The van der Waals surface area contributed by atoms with Crippen LogP contribution in [0.1, 0.15) is 12.8 Å². The van der Waals surface area contributed by atoms with Crippen molar-refractivity contribution >= 4 is 17.1 Å². The number of para-hydroxylation sites is 2. The summed E-state index contributed by atoms with van der Waals surface area (Å²) in [6, 6.07) is 9.24. The zero-order valence-corrected chi connectivity index (χ0v) is 8.94. The maximum Gasteiger partial charge on any atom is 0.457 e. The molecule has 0 amide bonds. The van der Waals surface area contributed by atoms with Crippen LogP contribution in [0, 0.1) is 0 Å². The van der Waals surface area contributed by atoms with Crippen molar-refractivity contribution < 1.29 is 8.98 Å². The van der Waals surface area contributed by atoms with E-state index in [0.29, 0.717) is 0 Å². The summed E-state index contributed by atoms with van der Waals surface area (Å²) in [6.07, 6.45) is 2.47. The van der Waals surface area contributed by atoms with Crippen molar-refractivity contribution in [1.82, 2.24) is 0 Å². The van der Waals surface area contributed by atoms with E-state index in [1.807, 2.05) is 12.1 Å². The molecule has 1 aromatic heterocycles. The van der Waals surface area contributed by atoms with Gasteiger partial charge >= 0.3 is 6.01 Å². The summed E-state index contributed by atoms with van der Waals surface area (Å²) in [4.78, 5) is 2.20. The van der Waals surface area contributed by atoms with Gasteiger partial charge in [-0.15, -0.1) is 0 Å². The molecule has 0 saturated carbocycles. The number of hydrogen-bond donors (Lipinski definition) is 0. The van der Waals surface area contributed by atoms with Crippen molar-refractivity contribution in [1.29, 1.82) is 0 Å². The second-order valence-corrected chi connectivity index (χ2v) is 4.13. The van der Waals surface area contributed by atoms with E-state index in [4.69, 9.17) is 4.42 Å². The van der Waals surface area contributed by atoms with Gasteiger partial charge in [0.25, 0.3) is 0 Å². The molecule has 3 nitrogen and oxygen atoms in total. The average Bonchev–Trinajstić information content (AvgIpc) is 2.54. The molecule has 3 heteroatoms. The van der Waals surface area contributed by atoms with E-state index in [1.54, 1.807) is 0 Å². The molecule has 0 spiro atoms. The molecular weight excluding hydrogens is 188 g/mol. The molecule has 0 radical (unpaired) electrons. The lowest BCUT2D eigenvalue weighted by Gasteiger charge is -2.03. The van der Waals surface area contributed by atoms with Gasteiger partial charge in [-0.1, -0.05) is 12.1 Å². The van der Waals surface area contributed by atoms with Crippen LogP contribution < -0.4 is 9.47 Å². The monoisotopic (exact) mass is 203 g/mol. The molecule has 78 valence electrons. The molecule has 15 heavy (non-hydrogen) atoms. The highest BCUT2D eigenvalue weighted by Crippen LogP contribution is 2.21. The number of aromatic nitrogens is 1. The van der Waals surface area contributed by atoms with Gasteiger partial charge in [-0.2, -0.15) is 4.57 Å². The van der Waals surface area contributed by atoms with E-state index < -0.39 is 0 Å². The Hall–Kier alpha value is -1.51. The van der Waals surface area contributed by atoms with E-state index in [9.17, 15) is 0 Å². The maximum atomic E-state index is 5.87. The molecule has 1 aliphatic heterocycles. The normalized spacial score (nSPS) is 16.5. The third-order valence-corrected chi connectivity index (χ3v) is 3.04. The van der Waals surface area contributed by atoms with Crippen LogP contribution in [0.25, 0.3) is 11.1 Å². The minimum Gasteiger partial charge on any atom is -0.387 e. The first-order valence-corrected chi connectivity index (χ1v) is 5.49. The Morgan fingerprint density at radius 1 is 1.27 bits per heavy atom. The SMILES string of the molecule is CN1CCCC[n+]2c1oc1ccccc12. The highest BCUT2D eigenvalue weighted by molar-refractivity contribution is 5.69. The highest BCUT2D eigenvalue weighted by Gasteiger charge is 2.26. The van der Waals surface area contributed by atoms with Crippen molar-refractivity contribution in [2.24, 2.45) is 0 Å². The van der Waals surface area contributed by atoms with Gasteiger partial charge in [0.1, 0.15) is 0 Å². The number of fused-ring (bicyclic) bond motifs is 3. The topological polar surface area (TPSA) is 20.3 Å². The van der Waals surface area contributed by atoms with Gasteiger partial charge in [0.2, 0.25) is 0 Å². The first kappa shape index (κ1) is 8.77. The fourth-order valence-corrected chi connectivity index (χ4v) is 2.24. The Morgan fingerprint density at radius 2 is 2.13 bits per heavy atom. The number of benzene rings is 1. The second kappa shape index (κ2) is 3.26. The molecule has 0 bridgehead atoms. The third kappa shape index (κ3) is 1.30. The summed E-state index contributed by atoms with van der Waals surface area (Å²) in [5.74, 6) is 0. The lowest BCUT2D eigenvalue weighted by atomic mass is 10.3. The predicted octanol–water partition coefficient (Wildman–Crippen LogP) is 1.95. The fraction of sp³-hybridized carbons (Fsp3) is 0.417. The number of hydrogen-bond acceptors (Lipinski definition) is 2. The molecule has 0 fully saturated rings. The second-order valence-electron chi connectivity index (χ2n) is 4.13. The minimum atomic E-state index is 0.987. The van der Waals surface area contributed by atoms with Gasteiger partial charge in [-0.25, -0.2) is 4.90 Å². The zero-order chi connectivity index (χ0) is 10.3. The molecule has 0 saturated heterocycles. The van der Waals surface area contributed by atoms with Crippen molar-refractivity contribution in [3.8, 4) is 0 Å². The molecule has 0 unspecified atom stereocenters. The molecule has 1 aliphatic rings. The van der Waals surface area contributed by atoms with E-state index in [-0.39, 0.29) is 0 Å². The Morgan fingerprint density at radius 3 is 3.07 bits per heavy atom.